The Morgan fingerprint density at radius 1 is 1.27 bits per heavy atom. The van der Waals surface area contributed by atoms with Gasteiger partial charge in [0, 0.05) is 23.2 Å². The van der Waals surface area contributed by atoms with Gasteiger partial charge in [-0.15, -0.1) is 0 Å². The molecule has 0 N–H and O–H groups in total. The molecule has 3 aromatic rings. The molecule has 112 valence electrons. The first-order chi connectivity index (χ1) is 10.7. The lowest BCUT2D eigenvalue weighted by Gasteiger charge is -2.02. The average Bonchev–Trinajstić information content (AvgIpc) is 3.00. The van der Waals surface area contributed by atoms with Crippen LogP contribution in [0.2, 0.25) is 5.02 Å². The van der Waals surface area contributed by atoms with E-state index in [-0.39, 0.29) is 11.4 Å². The number of hydrogen-bond acceptors (Lipinski definition) is 5. The van der Waals surface area contributed by atoms with E-state index in [4.69, 9.17) is 16.1 Å². The molecule has 7 heteroatoms. The second-order valence-corrected chi connectivity index (χ2v) is 5.15. The molecule has 0 bridgehead atoms. The van der Waals surface area contributed by atoms with Gasteiger partial charge in [0.25, 0.3) is 11.4 Å². The first-order valence-electron chi connectivity index (χ1n) is 6.85. The molecule has 0 aliphatic heterocycles. The molecule has 0 atom stereocenters. The minimum absolute atomic E-state index is 0.153. The molecule has 0 aliphatic rings. The van der Waals surface area contributed by atoms with Gasteiger partial charge >= 0.3 is 0 Å². The number of rotatable bonds is 4. The fourth-order valence-electron chi connectivity index (χ4n) is 2.01. The van der Waals surface area contributed by atoms with Crippen LogP contribution >= 0.6 is 11.6 Å². The highest BCUT2D eigenvalue weighted by Gasteiger charge is 2.13. The molecule has 2 heterocycles. The zero-order chi connectivity index (χ0) is 15.5. The Balaban J connectivity index is 1.97. The zero-order valence-electron chi connectivity index (χ0n) is 11.9. The second-order valence-electron chi connectivity index (χ2n) is 4.71. The van der Waals surface area contributed by atoms with E-state index in [2.05, 4.69) is 15.2 Å². The van der Waals surface area contributed by atoms with Crippen molar-refractivity contribution in [3.05, 3.63) is 51.8 Å². The minimum atomic E-state index is -0.153. The van der Waals surface area contributed by atoms with Gasteiger partial charge < -0.3 is 4.52 Å². The first-order valence-corrected chi connectivity index (χ1v) is 7.23. The van der Waals surface area contributed by atoms with Crippen LogP contribution in [-0.2, 0) is 6.54 Å². The Hall–Kier alpha value is -2.47. The number of hydrogen-bond donors (Lipinski definition) is 0. The van der Waals surface area contributed by atoms with Gasteiger partial charge in [0.1, 0.15) is 5.69 Å². The van der Waals surface area contributed by atoms with E-state index in [0.29, 0.717) is 23.1 Å². The van der Waals surface area contributed by atoms with Crippen molar-refractivity contribution >= 4 is 11.6 Å². The van der Waals surface area contributed by atoms with Gasteiger partial charge in [0.2, 0.25) is 5.82 Å². The van der Waals surface area contributed by atoms with Gasteiger partial charge in [0.15, 0.2) is 0 Å². The number of aromatic nitrogens is 4. The van der Waals surface area contributed by atoms with Gasteiger partial charge in [-0.25, -0.2) is 4.68 Å². The molecule has 6 nitrogen and oxygen atoms in total. The molecule has 2 aromatic heterocycles. The van der Waals surface area contributed by atoms with Crippen LogP contribution in [0, 0.1) is 0 Å². The quantitative estimate of drug-likeness (QED) is 0.739. The SMILES string of the molecule is CCCn1nc(-c2nc(-c3cccc(Cl)c3)no2)ccc1=O. The standard InChI is InChI=1S/C15H13ClN4O2/c1-2-8-20-13(21)7-6-12(18-20)15-17-14(19-22-15)10-4-3-5-11(16)9-10/h3-7,9H,2,8H2,1H3. The predicted octanol–water partition coefficient (Wildman–Crippen LogP) is 3.02. The molecule has 0 fully saturated rings. The van der Waals surface area contributed by atoms with E-state index in [1.54, 1.807) is 18.2 Å². The van der Waals surface area contributed by atoms with E-state index < -0.39 is 0 Å². The summed E-state index contributed by atoms with van der Waals surface area (Å²) in [7, 11) is 0. The van der Waals surface area contributed by atoms with Crippen molar-refractivity contribution in [2.75, 3.05) is 0 Å². The third-order valence-electron chi connectivity index (χ3n) is 3.03. The van der Waals surface area contributed by atoms with Crippen molar-refractivity contribution in [1.29, 1.82) is 0 Å². The Morgan fingerprint density at radius 2 is 2.14 bits per heavy atom. The Bertz CT molecular complexity index is 856. The molecule has 0 radical (unpaired) electrons. The largest absolute Gasteiger partial charge is 0.332 e. The van der Waals surface area contributed by atoms with E-state index >= 15 is 0 Å². The van der Waals surface area contributed by atoms with Gasteiger partial charge in [-0.3, -0.25) is 4.79 Å². The molecule has 0 amide bonds. The molecule has 22 heavy (non-hydrogen) atoms. The summed E-state index contributed by atoms with van der Waals surface area (Å²) in [6, 6.07) is 10.2. The van der Waals surface area contributed by atoms with Crippen molar-refractivity contribution < 1.29 is 4.52 Å². The van der Waals surface area contributed by atoms with Crippen molar-refractivity contribution in [3.63, 3.8) is 0 Å². The second kappa shape index (κ2) is 6.11. The number of benzene rings is 1. The smallest absolute Gasteiger partial charge is 0.278 e. The van der Waals surface area contributed by atoms with E-state index in [9.17, 15) is 4.79 Å². The van der Waals surface area contributed by atoms with E-state index in [1.807, 2.05) is 19.1 Å². The summed E-state index contributed by atoms with van der Waals surface area (Å²) in [5.41, 5.74) is 1.07. The van der Waals surface area contributed by atoms with Crippen molar-refractivity contribution in [3.8, 4) is 23.0 Å². The minimum Gasteiger partial charge on any atom is -0.332 e. The summed E-state index contributed by atoms with van der Waals surface area (Å²) < 4.78 is 6.62. The number of halogens is 1. The predicted molar refractivity (Wildman–Crippen MR) is 82.5 cm³/mol. The molecule has 0 saturated heterocycles. The van der Waals surface area contributed by atoms with Gasteiger partial charge in [-0.05, 0) is 24.6 Å². The van der Waals surface area contributed by atoms with E-state index in [1.165, 1.54) is 10.7 Å². The monoisotopic (exact) mass is 316 g/mol. The molecule has 3 rings (SSSR count). The molecular weight excluding hydrogens is 304 g/mol. The third kappa shape index (κ3) is 2.92. The van der Waals surface area contributed by atoms with Gasteiger partial charge in [-0.2, -0.15) is 10.1 Å². The maximum Gasteiger partial charge on any atom is 0.278 e. The van der Waals surface area contributed by atoms with Gasteiger partial charge in [-0.1, -0.05) is 35.8 Å². The van der Waals surface area contributed by atoms with Crippen LogP contribution in [0.1, 0.15) is 13.3 Å². The normalized spacial score (nSPS) is 10.8. The lowest BCUT2D eigenvalue weighted by molar-refractivity contribution is 0.428. The molecular formula is C15H13ClN4O2. The lowest BCUT2D eigenvalue weighted by atomic mass is 10.2. The number of aryl methyl sites for hydroxylation is 1. The van der Waals surface area contributed by atoms with Crippen molar-refractivity contribution in [2.24, 2.45) is 0 Å². The first kappa shape index (κ1) is 14.5. The van der Waals surface area contributed by atoms with Crippen LogP contribution in [0.25, 0.3) is 23.0 Å². The highest BCUT2D eigenvalue weighted by Crippen LogP contribution is 2.22. The highest BCUT2D eigenvalue weighted by atomic mass is 35.5. The fraction of sp³-hybridized carbons (Fsp3) is 0.200. The summed E-state index contributed by atoms with van der Waals surface area (Å²) in [6.07, 6.45) is 0.813. The molecule has 0 unspecified atom stereocenters. The van der Waals surface area contributed by atoms with Crippen LogP contribution < -0.4 is 5.56 Å². The van der Waals surface area contributed by atoms with E-state index in [0.717, 1.165) is 12.0 Å². The number of nitrogens with zero attached hydrogens (tertiary/aromatic N) is 4. The average molecular weight is 317 g/mol. The lowest BCUT2D eigenvalue weighted by Crippen LogP contribution is -2.21. The van der Waals surface area contributed by atoms with Crippen LogP contribution in [0.3, 0.4) is 0 Å². The summed E-state index contributed by atoms with van der Waals surface area (Å²) in [6.45, 7) is 2.52. The Morgan fingerprint density at radius 3 is 2.91 bits per heavy atom. The summed E-state index contributed by atoms with van der Waals surface area (Å²) in [5, 5.41) is 8.76. The Labute approximate surface area is 131 Å². The van der Waals surface area contributed by atoms with Crippen molar-refractivity contribution in [2.45, 2.75) is 19.9 Å². The van der Waals surface area contributed by atoms with Crippen LogP contribution in [-0.4, -0.2) is 19.9 Å². The van der Waals surface area contributed by atoms with Crippen LogP contribution in [0.15, 0.2) is 45.7 Å². The highest BCUT2D eigenvalue weighted by molar-refractivity contribution is 6.30. The van der Waals surface area contributed by atoms with Crippen LogP contribution in [0.4, 0.5) is 0 Å². The maximum absolute atomic E-state index is 11.7. The Kier molecular flexibility index (Phi) is 4.02. The maximum atomic E-state index is 11.7. The summed E-state index contributed by atoms with van der Waals surface area (Å²) in [5.74, 6) is 0.687. The molecule has 0 aliphatic carbocycles. The molecule has 0 saturated carbocycles. The fourth-order valence-corrected chi connectivity index (χ4v) is 2.20. The van der Waals surface area contributed by atoms with Crippen molar-refractivity contribution in [1.82, 2.24) is 19.9 Å². The molecule has 0 spiro atoms. The van der Waals surface area contributed by atoms with Gasteiger partial charge in [0.05, 0.1) is 0 Å². The summed E-state index contributed by atoms with van der Waals surface area (Å²) in [4.78, 5) is 16.0. The molecule has 1 aromatic carbocycles. The third-order valence-corrected chi connectivity index (χ3v) is 3.27. The zero-order valence-corrected chi connectivity index (χ0v) is 12.6. The van der Waals surface area contributed by atoms with Crippen LogP contribution in [0.5, 0.6) is 0 Å². The topological polar surface area (TPSA) is 73.8 Å². The summed E-state index contributed by atoms with van der Waals surface area (Å²) >= 11 is 5.95.